The van der Waals surface area contributed by atoms with Crippen LogP contribution in [0.2, 0.25) is 0 Å². The Morgan fingerprint density at radius 1 is 1.11 bits per heavy atom. The van der Waals surface area contributed by atoms with E-state index in [0.29, 0.717) is 28.8 Å². The van der Waals surface area contributed by atoms with Crippen molar-refractivity contribution in [2.75, 3.05) is 18.9 Å². The highest BCUT2D eigenvalue weighted by Gasteiger charge is 2.36. The number of benzene rings is 1. The largest absolute Gasteiger partial charge is 0.433 e. The Balaban J connectivity index is 1.52. The number of pyridine rings is 2. The minimum atomic E-state index is -4.65. The van der Waals surface area contributed by atoms with E-state index < -0.39 is 17.8 Å². The summed E-state index contributed by atoms with van der Waals surface area (Å²) in [6.07, 6.45) is 2.77. The molecule has 0 atom stereocenters. The van der Waals surface area contributed by atoms with Crippen LogP contribution in [0.4, 0.5) is 19.0 Å². The minimum Gasteiger partial charge on any atom is -0.307 e. The first-order valence-electron chi connectivity index (χ1n) is 11.3. The van der Waals surface area contributed by atoms with Gasteiger partial charge in [0.25, 0.3) is 5.91 Å². The SMILES string of the molecule is C=C(C=NCC=NC)c1cccc(C(=O)Nc2ccc(-n3nc(-c4cccnc4)cc3C(F)(F)F)cn2)c1. The number of halogens is 3. The average Bonchev–Trinajstić information content (AvgIpc) is 3.38. The lowest BCUT2D eigenvalue weighted by Crippen LogP contribution is -2.15. The molecule has 0 aliphatic heterocycles. The van der Waals surface area contributed by atoms with E-state index in [1.165, 1.54) is 30.7 Å². The Morgan fingerprint density at radius 2 is 1.92 bits per heavy atom. The molecule has 1 amide bonds. The van der Waals surface area contributed by atoms with Gasteiger partial charge in [0.05, 0.1) is 24.1 Å². The molecule has 1 N–H and O–H groups in total. The number of hydrogen-bond acceptors (Lipinski definition) is 6. The standard InChI is InChI=1S/C27H22F3N7O/c1-18(15-33-12-11-31-2)19-5-3-6-20(13-19)26(38)35-25-9-8-22(17-34-25)37-24(27(28,29)30)14-23(36-37)21-7-4-10-32-16-21/h3-11,13-17H,1,12H2,2H3,(H,34,35,38). The van der Waals surface area contributed by atoms with Crippen LogP contribution >= 0.6 is 0 Å². The number of alkyl halides is 3. The maximum atomic E-state index is 13.7. The molecule has 0 bridgehead atoms. The fourth-order valence-electron chi connectivity index (χ4n) is 3.44. The van der Waals surface area contributed by atoms with E-state index >= 15 is 0 Å². The number of hydrogen-bond donors (Lipinski definition) is 1. The molecule has 3 aromatic heterocycles. The summed E-state index contributed by atoms with van der Waals surface area (Å²) in [5.41, 5.74) is 1.37. The normalized spacial score (nSPS) is 11.8. The van der Waals surface area contributed by atoms with Gasteiger partial charge in [0.15, 0.2) is 0 Å². The monoisotopic (exact) mass is 517 g/mol. The van der Waals surface area contributed by atoms with Crippen molar-refractivity contribution in [3.05, 3.63) is 96.6 Å². The Bertz CT molecular complexity index is 1490. The third kappa shape index (κ3) is 6.25. The molecule has 0 saturated carbocycles. The van der Waals surface area contributed by atoms with Gasteiger partial charge in [-0.1, -0.05) is 18.7 Å². The molecule has 4 aromatic rings. The molecule has 192 valence electrons. The number of anilines is 1. The third-order valence-corrected chi connectivity index (χ3v) is 5.30. The molecule has 0 radical (unpaired) electrons. The van der Waals surface area contributed by atoms with Gasteiger partial charge >= 0.3 is 6.18 Å². The smallest absolute Gasteiger partial charge is 0.307 e. The van der Waals surface area contributed by atoms with Crippen molar-refractivity contribution in [2.45, 2.75) is 6.18 Å². The van der Waals surface area contributed by atoms with Gasteiger partial charge in [-0.25, -0.2) is 9.67 Å². The highest BCUT2D eigenvalue weighted by molar-refractivity contribution is 6.10. The third-order valence-electron chi connectivity index (χ3n) is 5.30. The molecular weight excluding hydrogens is 495 g/mol. The first-order chi connectivity index (χ1) is 18.3. The number of nitrogens with one attached hydrogen (secondary N) is 1. The van der Waals surface area contributed by atoms with Crippen LogP contribution in [0.1, 0.15) is 21.6 Å². The summed E-state index contributed by atoms with van der Waals surface area (Å²) in [5.74, 6) is -0.277. The Labute approximate surface area is 216 Å². The number of nitrogens with zero attached hydrogens (tertiary/aromatic N) is 6. The zero-order valence-electron chi connectivity index (χ0n) is 20.2. The minimum absolute atomic E-state index is 0.0798. The van der Waals surface area contributed by atoms with Gasteiger partial charge in [-0.05, 0) is 53.6 Å². The molecule has 0 spiro atoms. The molecule has 0 aliphatic rings. The summed E-state index contributed by atoms with van der Waals surface area (Å²) in [7, 11) is 1.66. The van der Waals surface area contributed by atoms with Crippen LogP contribution in [-0.4, -0.2) is 51.7 Å². The second-order valence-electron chi connectivity index (χ2n) is 7.96. The van der Waals surface area contributed by atoms with Crippen molar-refractivity contribution in [1.82, 2.24) is 19.7 Å². The number of carbonyl (C=O) groups is 1. The van der Waals surface area contributed by atoms with Gasteiger partial charge in [0.1, 0.15) is 11.5 Å². The van der Waals surface area contributed by atoms with Crippen LogP contribution < -0.4 is 5.32 Å². The van der Waals surface area contributed by atoms with Gasteiger partial charge < -0.3 is 5.32 Å². The Morgan fingerprint density at radius 3 is 2.61 bits per heavy atom. The summed E-state index contributed by atoms with van der Waals surface area (Å²) in [5, 5.41) is 6.76. The Hall–Kier alpha value is -4.93. The zero-order chi connectivity index (χ0) is 27.1. The second kappa shape index (κ2) is 11.4. The number of aliphatic imine (C=N–C) groups is 2. The van der Waals surface area contributed by atoms with Gasteiger partial charge in [0, 0.05) is 43.0 Å². The van der Waals surface area contributed by atoms with Crippen molar-refractivity contribution in [3.63, 3.8) is 0 Å². The number of amides is 1. The van der Waals surface area contributed by atoms with Gasteiger partial charge in [-0.2, -0.15) is 18.3 Å². The second-order valence-corrected chi connectivity index (χ2v) is 7.96. The topological polar surface area (TPSA) is 97.4 Å². The van der Waals surface area contributed by atoms with Crippen molar-refractivity contribution < 1.29 is 18.0 Å². The first-order valence-corrected chi connectivity index (χ1v) is 11.3. The van der Waals surface area contributed by atoms with Crippen LogP contribution in [0.25, 0.3) is 22.5 Å². The maximum absolute atomic E-state index is 13.7. The van der Waals surface area contributed by atoms with Gasteiger partial charge in [-0.15, -0.1) is 0 Å². The van der Waals surface area contributed by atoms with E-state index in [2.05, 4.69) is 36.9 Å². The zero-order valence-corrected chi connectivity index (χ0v) is 20.2. The maximum Gasteiger partial charge on any atom is 0.433 e. The van der Waals surface area contributed by atoms with E-state index in [9.17, 15) is 18.0 Å². The van der Waals surface area contributed by atoms with Gasteiger partial charge in [0.2, 0.25) is 0 Å². The number of rotatable bonds is 8. The van der Waals surface area contributed by atoms with Gasteiger partial charge in [-0.3, -0.25) is 19.8 Å². The van der Waals surface area contributed by atoms with Crippen LogP contribution in [0.3, 0.4) is 0 Å². The molecular formula is C27H22F3N7O. The summed E-state index contributed by atoms with van der Waals surface area (Å²) in [6, 6.07) is 13.8. The fraction of sp³-hybridized carbons (Fsp3) is 0.111. The number of aromatic nitrogens is 4. The lowest BCUT2D eigenvalue weighted by atomic mass is 10.0. The lowest BCUT2D eigenvalue weighted by Gasteiger charge is -2.11. The van der Waals surface area contributed by atoms with Crippen molar-refractivity contribution in [2.24, 2.45) is 9.98 Å². The molecule has 0 unspecified atom stereocenters. The molecule has 4 rings (SSSR count). The van der Waals surface area contributed by atoms with Crippen LogP contribution in [-0.2, 0) is 6.18 Å². The molecule has 0 fully saturated rings. The van der Waals surface area contributed by atoms with E-state index in [1.807, 2.05) is 0 Å². The lowest BCUT2D eigenvalue weighted by molar-refractivity contribution is -0.142. The summed E-state index contributed by atoms with van der Waals surface area (Å²) < 4.78 is 41.9. The number of carbonyl (C=O) groups excluding carboxylic acids is 1. The van der Waals surface area contributed by atoms with Crippen LogP contribution in [0.5, 0.6) is 0 Å². The van der Waals surface area contributed by atoms with E-state index in [-0.39, 0.29) is 17.2 Å². The Kier molecular flexibility index (Phi) is 7.86. The van der Waals surface area contributed by atoms with Crippen LogP contribution in [0, 0.1) is 0 Å². The molecule has 38 heavy (non-hydrogen) atoms. The molecule has 1 aromatic carbocycles. The van der Waals surface area contributed by atoms with Crippen molar-refractivity contribution in [1.29, 1.82) is 0 Å². The summed E-state index contributed by atoms with van der Waals surface area (Å²) >= 11 is 0. The summed E-state index contributed by atoms with van der Waals surface area (Å²) in [4.78, 5) is 28.9. The number of allylic oxidation sites excluding steroid dienone is 1. The van der Waals surface area contributed by atoms with Crippen molar-refractivity contribution >= 4 is 29.7 Å². The van der Waals surface area contributed by atoms with Crippen molar-refractivity contribution in [3.8, 4) is 16.9 Å². The summed E-state index contributed by atoms with van der Waals surface area (Å²) in [6.45, 7) is 4.38. The highest BCUT2D eigenvalue weighted by Crippen LogP contribution is 2.34. The predicted octanol–water partition coefficient (Wildman–Crippen LogP) is 5.39. The van der Waals surface area contributed by atoms with E-state index in [1.54, 1.807) is 55.9 Å². The first kappa shape index (κ1) is 26.1. The average molecular weight is 518 g/mol. The molecule has 0 aliphatic carbocycles. The van der Waals surface area contributed by atoms with E-state index in [4.69, 9.17) is 0 Å². The fourth-order valence-corrected chi connectivity index (χ4v) is 3.44. The molecule has 3 heterocycles. The predicted molar refractivity (Wildman–Crippen MR) is 141 cm³/mol. The molecule has 0 saturated heterocycles. The van der Waals surface area contributed by atoms with E-state index in [0.717, 1.165) is 10.7 Å². The quantitative estimate of drug-likeness (QED) is 0.317. The van der Waals surface area contributed by atoms with Crippen LogP contribution in [0.15, 0.2) is 89.8 Å². The highest BCUT2D eigenvalue weighted by atomic mass is 19.4. The molecule has 8 nitrogen and oxygen atoms in total. The molecule has 11 heteroatoms.